The van der Waals surface area contributed by atoms with Gasteiger partial charge in [-0.3, -0.25) is 0 Å². The molecular formula is C13H19F2NO4S. The van der Waals surface area contributed by atoms with Gasteiger partial charge in [-0.05, 0) is 38.5 Å². The highest BCUT2D eigenvalue weighted by atomic mass is 32.2. The van der Waals surface area contributed by atoms with Gasteiger partial charge >= 0.3 is 0 Å². The smallest absolute Gasteiger partial charge is 0.243 e. The van der Waals surface area contributed by atoms with Crippen LogP contribution in [0.4, 0.5) is 8.78 Å². The minimum atomic E-state index is -4.25. The maximum Gasteiger partial charge on any atom is 0.243 e. The van der Waals surface area contributed by atoms with Crippen LogP contribution in [-0.4, -0.2) is 32.3 Å². The molecule has 0 saturated heterocycles. The lowest BCUT2D eigenvalue weighted by Crippen LogP contribution is -2.40. The summed E-state index contributed by atoms with van der Waals surface area (Å²) in [4.78, 5) is -0.834. The van der Waals surface area contributed by atoms with Crippen molar-refractivity contribution in [2.24, 2.45) is 0 Å². The molecule has 0 heterocycles. The number of benzene rings is 1. The summed E-state index contributed by atoms with van der Waals surface area (Å²) in [6, 6.07) is 1.65. The van der Waals surface area contributed by atoms with E-state index in [9.17, 15) is 17.2 Å². The lowest BCUT2D eigenvalue weighted by atomic mass is 10.1. The molecule has 8 heteroatoms. The Hall–Kier alpha value is -1.09. The van der Waals surface area contributed by atoms with Crippen LogP contribution in [0.3, 0.4) is 0 Å². The van der Waals surface area contributed by atoms with Crippen LogP contribution >= 0.6 is 0 Å². The normalized spacial score (nSPS) is 12.7. The zero-order valence-electron chi connectivity index (χ0n) is 12.1. The Morgan fingerprint density at radius 3 is 2.48 bits per heavy atom. The molecule has 5 nitrogen and oxygen atoms in total. The summed E-state index contributed by atoms with van der Waals surface area (Å²) in [5.74, 6) is -2.81. The van der Waals surface area contributed by atoms with Gasteiger partial charge in [0.2, 0.25) is 10.0 Å². The van der Waals surface area contributed by atoms with Crippen LogP contribution in [0.1, 0.15) is 26.3 Å². The van der Waals surface area contributed by atoms with Gasteiger partial charge in [0, 0.05) is 13.2 Å². The van der Waals surface area contributed by atoms with E-state index in [2.05, 4.69) is 4.72 Å². The first kappa shape index (κ1) is 18.0. The number of hydrogen-bond donors (Lipinski definition) is 2. The van der Waals surface area contributed by atoms with Gasteiger partial charge in [-0.1, -0.05) is 0 Å². The first-order valence-electron chi connectivity index (χ1n) is 6.35. The Labute approximate surface area is 123 Å². The first-order valence-corrected chi connectivity index (χ1v) is 7.83. The number of aliphatic hydroxyl groups is 1. The summed E-state index contributed by atoms with van der Waals surface area (Å²) in [5.41, 5.74) is -0.816. The van der Waals surface area contributed by atoms with Crippen LogP contribution in [0.2, 0.25) is 0 Å². The average molecular weight is 323 g/mol. The van der Waals surface area contributed by atoms with E-state index in [1.165, 1.54) is 0 Å². The highest BCUT2D eigenvalue weighted by Crippen LogP contribution is 2.20. The van der Waals surface area contributed by atoms with Gasteiger partial charge in [-0.25, -0.2) is 21.9 Å². The molecule has 0 aliphatic heterocycles. The summed E-state index contributed by atoms with van der Waals surface area (Å²) >= 11 is 0. The van der Waals surface area contributed by atoms with Gasteiger partial charge in [0.1, 0.15) is 4.90 Å². The number of rotatable bonds is 7. The molecule has 120 valence electrons. The summed E-state index contributed by atoms with van der Waals surface area (Å²) in [6.07, 6.45) is 0. The molecule has 0 fully saturated rings. The van der Waals surface area contributed by atoms with Gasteiger partial charge in [0.15, 0.2) is 11.6 Å². The van der Waals surface area contributed by atoms with Crippen molar-refractivity contribution in [1.29, 1.82) is 0 Å². The van der Waals surface area contributed by atoms with Gasteiger partial charge in [-0.15, -0.1) is 0 Å². The van der Waals surface area contributed by atoms with Crippen molar-refractivity contribution >= 4 is 10.0 Å². The highest BCUT2D eigenvalue weighted by Gasteiger charge is 2.26. The number of halogens is 2. The monoisotopic (exact) mass is 323 g/mol. The molecule has 0 unspecified atom stereocenters. The zero-order valence-corrected chi connectivity index (χ0v) is 12.9. The van der Waals surface area contributed by atoms with E-state index in [-0.39, 0.29) is 12.1 Å². The molecule has 2 N–H and O–H groups in total. The Kier molecular flexibility index (Phi) is 5.80. The summed E-state index contributed by atoms with van der Waals surface area (Å²) in [5, 5.41) is 8.95. The summed E-state index contributed by atoms with van der Waals surface area (Å²) in [6.45, 7) is 4.78. The van der Waals surface area contributed by atoms with Crippen molar-refractivity contribution in [3.63, 3.8) is 0 Å². The fourth-order valence-corrected chi connectivity index (χ4v) is 3.03. The molecular weight excluding hydrogens is 304 g/mol. The molecule has 0 radical (unpaired) electrons. The molecule has 1 aromatic carbocycles. The molecule has 0 atom stereocenters. The summed E-state index contributed by atoms with van der Waals surface area (Å²) in [7, 11) is -4.25. The third-order valence-electron chi connectivity index (χ3n) is 2.75. The molecule has 0 aliphatic carbocycles. The van der Waals surface area contributed by atoms with Gasteiger partial charge in [-0.2, -0.15) is 0 Å². The summed E-state index contributed by atoms with van der Waals surface area (Å²) < 4.78 is 58.7. The second kappa shape index (κ2) is 6.78. The quantitative estimate of drug-likeness (QED) is 0.798. The third-order valence-corrected chi connectivity index (χ3v) is 4.15. The molecule has 0 aromatic heterocycles. The maximum absolute atomic E-state index is 13.7. The largest absolute Gasteiger partial charge is 0.392 e. The van der Waals surface area contributed by atoms with E-state index >= 15 is 0 Å². The predicted octanol–water partition coefficient (Wildman–Crippen LogP) is 1.55. The molecule has 1 rings (SSSR count). The minimum absolute atomic E-state index is 0.0293. The second-order valence-corrected chi connectivity index (χ2v) is 6.80. The lowest BCUT2D eigenvalue weighted by Gasteiger charge is -2.24. The maximum atomic E-state index is 13.7. The molecule has 21 heavy (non-hydrogen) atoms. The standard InChI is InChI=1S/C13H19F2NO4S/c1-4-20-13(2,3)8-16-21(18,19)11-6-9(7-17)5-10(14)12(11)15/h5-6,16-17H,4,7-8H2,1-3H3. The van der Waals surface area contributed by atoms with Crippen molar-refractivity contribution < 1.29 is 27.0 Å². The van der Waals surface area contributed by atoms with Crippen LogP contribution in [0, 0.1) is 11.6 Å². The van der Waals surface area contributed by atoms with E-state index in [0.717, 1.165) is 12.1 Å². The predicted molar refractivity (Wildman–Crippen MR) is 73.2 cm³/mol. The lowest BCUT2D eigenvalue weighted by molar-refractivity contribution is -0.00516. The SMILES string of the molecule is CCOC(C)(C)CNS(=O)(=O)c1cc(CO)cc(F)c1F. The van der Waals surface area contributed by atoms with E-state index in [1.54, 1.807) is 20.8 Å². The number of ether oxygens (including phenoxy) is 1. The number of sulfonamides is 1. The molecule has 0 saturated carbocycles. The van der Waals surface area contributed by atoms with E-state index in [0.29, 0.717) is 6.61 Å². The number of aliphatic hydroxyl groups excluding tert-OH is 1. The van der Waals surface area contributed by atoms with Crippen molar-refractivity contribution in [3.8, 4) is 0 Å². The van der Waals surface area contributed by atoms with E-state index in [4.69, 9.17) is 9.84 Å². The Morgan fingerprint density at radius 1 is 1.33 bits per heavy atom. The zero-order chi connectivity index (χ0) is 16.3. The van der Waals surface area contributed by atoms with Gasteiger partial charge in [0.05, 0.1) is 12.2 Å². The molecule has 0 amide bonds. The van der Waals surface area contributed by atoms with Crippen molar-refractivity contribution in [2.45, 2.75) is 37.9 Å². The van der Waals surface area contributed by atoms with Crippen LogP contribution in [0.25, 0.3) is 0 Å². The van der Waals surface area contributed by atoms with Crippen LogP contribution in [-0.2, 0) is 21.4 Å². The van der Waals surface area contributed by atoms with Crippen molar-refractivity contribution in [3.05, 3.63) is 29.3 Å². The fraction of sp³-hybridized carbons (Fsp3) is 0.538. The van der Waals surface area contributed by atoms with E-state index in [1.807, 2.05) is 0 Å². The van der Waals surface area contributed by atoms with Crippen molar-refractivity contribution in [1.82, 2.24) is 4.72 Å². The fourth-order valence-electron chi connectivity index (χ4n) is 1.69. The molecule has 0 spiro atoms. The topological polar surface area (TPSA) is 75.6 Å². The average Bonchev–Trinajstić information content (AvgIpc) is 2.39. The minimum Gasteiger partial charge on any atom is -0.392 e. The first-order chi connectivity index (χ1) is 9.63. The number of nitrogens with one attached hydrogen (secondary N) is 1. The molecule has 1 aromatic rings. The Morgan fingerprint density at radius 2 is 1.95 bits per heavy atom. The second-order valence-electron chi connectivity index (χ2n) is 5.07. The Bertz CT molecular complexity index is 602. The molecule has 0 aliphatic rings. The van der Waals surface area contributed by atoms with Crippen LogP contribution in [0.5, 0.6) is 0 Å². The molecule has 0 bridgehead atoms. The van der Waals surface area contributed by atoms with Gasteiger partial charge < -0.3 is 9.84 Å². The van der Waals surface area contributed by atoms with Crippen molar-refractivity contribution in [2.75, 3.05) is 13.2 Å². The van der Waals surface area contributed by atoms with Gasteiger partial charge in [0.25, 0.3) is 0 Å². The van der Waals surface area contributed by atoms with E-state index < -0.39 is 38.8 Å². The highest BCUT2D eigenvalue weighted by molar-refractivity contribution is 7.89. The Balaban J connectivity index is 3.06. The van der Waals surface area contributed by atoms with Crippen LogP contribution < -0.4 is 4.72 Å². The third kappa shape index (κ3) is 4.70. The number of hydrogen-bond acceptors (Lipinski definition) is 4. The van der Waals surface area contributed by atoms with Crippen LogP contribution in [0.15, 0.2) is 17.0 Å².